The number of halogens is 2. The highest BCUT2D eigenvalue weighted by atomic mass is 35.5. The van der Waals surface area contributed by atoms with Gasteiger partial charge in [-0.25, -0.2) is 14.2 Å². The van der Waals surface area contributed by atoms with E-state index in [1.807, 2.05) is 54.6 Å². The maximum absolute atomic E-state index is 13.8. The minimum absolute atomic E-state index is 0.0632. The zero-order chi connectivity index (χ0) is 20.9. The predicted molar refractivity (Wildman–Crippen MR) is 118 cm³/mol. The van der Waals surface area contributed by atoms with Crippen molar-refractivity contribution in [3.63, 3.8) is 0 Å². The number of benzene rings is 3. The summed E-state index contributed by atoms with van der Waals surface area (Å²) in [7, 11) is 0. The van der Waals surface area contributed by atoms with Gasteiger partial charge in [-0.3, -0.25) is 0 Å². The van der Waals surface area contributed by atoms with Gasteiger partial charge >= 0.3 is 0 Å². The molecule has 1 heterocycles. The first kappa shape index (κ1) is 20.1. The zero-order valence-electron chi connectivity index (χ0n) is 15.8. The van der Waals surface area contributed by atoms with E-state index in [2.05, 4.69) is 15.6 Å². The Morgan fingerprint density at radius 3 is 2.53 bits per heavy atom. The van der Waals surface area contributed by atoms with Crippen LogP contribution in [0.15, 0.2) is 72.8 Å². The number of H-pyrrole nitrogens is 1. The van der Waals surface area contributed by atoms with Crippen molar-refractivity contribution in [2.75, 3.05) is 5.43 Å². The summed E-state index contributed by atoms with van der Waals surface area (Å²) in [6.45, 7) is 0.598. The third-order valence-electron chi connectivity index (χ3n) is 4.51. The number of aromatic nitrogens is 3. The monoisotopic (exact) mass is 440 g/mol. The van der Waals surface area contributed by atoms with E-state index in [1.54, 1.807) is 16.8 Å². The normalized spacial score (nSPS) is 10.7. The molecule has 1 aromatic heterocycles. The fourth-order valence-corrected chi connectivity index (χ4v) is 3.34. The molecule has 0 bridgehead atoms. The van der Waals surface area contributed by atoms with E-state index in [1.165, 1.54) is 6.07 Å². The second kappa shape index (κ2) is 9.11. The summed E-state index contributed by atoms with van der Waals surface area (Å²) in [6.07, 6.45) is 0. The Hall–Kier alpha value is -3.16. The molecule has 0 saturated carbocycles. The van der Waals surface area contributed by atoms with Crippen LogP contribution >= 0.6 is 23.8 Å². The summed E-state index contributed by atoms with van der Waals surface area (Å²) in [5.74, 6) is 0.958. The fraction of sp³-hybridized carbons (Fsp3) is 0.0909. The molecule has 4 aromatic rings. The molecule has 0 aliphatic rings. The molecule has 30 heavy (non-hydrogen) atoms. The van der Waals surface area contributed by atoms with Gasteiger partial charge < -0.3 is 10.2 Å². The molecule has 4 rings (SSSR count). The van der Waals surface area contributed by atoms with Crippen LogP contribution in [0.5, 0.6) is 5.75 Å². The van der Waals surface area contributed by atoms with Crippen molar-refractivity contribution in [2.24, 2.45) is 0 Å². The van der Waals surface area contributed by atoms with E-state index in [9.17, 15) is 4.39 Å². The molecule has 0 radical (unpaired) electrons. The first-order valence-electron chi connectivity index (χ1n) is 9.23. The van der Waals surface area contributed by atoms with Crippen LogP contribution in [-0.2, 0) is 13.2 Å². The number of ether oxygens (including phenoxy) is 1. The van der Waals surface area contributed by atoms with Gasteiger partial charge in [0.25, 0.3) is 0 Å². The number of aromatic amines is 1. The van der Waals surface area contributed by atoms with Crippen LogP contribution in [0.25, 0.3) is 11.4 Å². The van der Waals surface area contributed by atoms with Crippen molar-refractivity contribution >= 4 is 23.8 Å². The lowest BCUT2D eigenvalue weighted by atomic mass is 10.2. The Morgan fingerprint density at radius 2 is 1.80 bits per heavy atom. The Kier molecular flexibility index (Phi) is 6.11. The molecule has 0 amide bonds. The van der Waals surface area contributed by atoms with Gasteiger partial charge in [-0.1, -0.05) is 60.1 Å². The van der Waals surface area contributed by atoms with Crippen LogP contribution in [0.2, 0.25) is 5.02 Å². The van der Waals surface area contributed by atoms with Gasteiger partial charge in [-0.2, -0.15) is 5.10 Å². The summed E-state index contributed by atoms with van der Waals surface area (Å²) >= 11 is 11.4. The standard InChI is InChI=1S/C22H18ClFN4OS/c23-19-7-4-8-20(24)18(19)14-29-17-11-9-15(10-12-17)13-25-28-21(26-27-22(28)30)16-5-2-1-3-6-16/h1-12,25H,13-14H2,(H,27,30). The molecular weight excluding hydrogens is 423 g/mol. The number of rotatable bonds is 7. The van der Waals surface area contributed by atoms with E-state index in [0.717, 1.165) is 11.1 Å². The summed E-state index contributed by atoms with van der Waals surface area (Å²) < 4.78 is 21.7. The molecule has 8 heteroatoms. The van der Waals surface area contributed by atoms with Crippen LogP contribution in [0.1, 0.15) is 11.1 Å². The van der Waals surface area contributed by atoms with Gasteiger partial charge in [0.15, 0.2) is 5.82 Å². The Balaban J connectivity index is 1.40. The number of nitrogens with one attached hydrogen (secondary N) is 2. The highest BCUT2D eigenvalue weighted by molar-refractivity contribution is 7.71. The predicted octanol–water partition coefficient (Wildman–Crippen LogP) is 5.72. The second-order valence-electron chi connectivity index (χ2n) is 6.52. The highest BCUT2D eigenvalue weighted by Crippen LogP contribution is 2.22. The lowest BCUT2D eigenvalue weighted by molar-refractivity contribution is 0.300. The maximum Gasteiger partial charge on any atom is 0.214 e. The molecule has 0 fully saturated rings. The number of hydrogen-bond donors (Lipinski definition) is 2. The second-order valence-corrected chi connectivity index (χ2v) is 7.32. The lowest BCUT2D eigenvalue weighted by Gasteiger charge is -2.12. The van der Waals surface area contributed by atoms with E-state index in [0.29, 0.717) is 33.5 Å². The molecule has 0 atom stereocenters. The molecule has 0 aliphatic carbocycles. The first-order chi connectivity index (χ1) is 14.6. The summed E-state index contributed by atoms with van der Waals surface area (Å²) in [4.78, 5) is 0. The SMILES string of the molecule is Fc1cccc(Cl)c1COc1ccc(CNn2c(-c3ccccc3)n[nH]c2=S)cc1. The molecule has 152 valence electrons. The Bertz CT molecular complexity index is 1170. The van der Waals surface area contributed by atoms with Crippen LogP contribution in [0.4, 0.5) is 4.39 Å². The molecule has 0 spiro atoms. The molecule has 0 aliphatic heterocycles. The van der Waals surface area contributed by atoms with Crippen LogP contribution < -0.4 is 10.2 Å². The molecule has 0 saturated heterocycles. The minimum Gasteiger partial charge on any atom is -0.489 e. The molecule has 3 aromatic carbocycles. The van der Waals surface area contributed by atoms with Crippen molar-refractivity contribution in [1.29, 1.82) is 0 Å². The summed E-state index contributed by atoms with van der Waals surface area (Å²) in [5, 5.41) is 7.46. The first-order valence-corrected chi connectivity index (χ1v) is 10.0. The van der Waals surface area contributed by atoms with E-state index in [4.69, 9.17) is 28.6 Å². The van der Waals surface area contributed by atoms with Crippen molar-refractivity contribution in [3.8, 4) is 17.1 Å². The van der Waals surface area contributed by atoms with Crippen molar-refractivity contribution < 1.29 is 9.13 Å². The van der Waals surface area contributed by atoms with Crippen LogP contribution in [0.3, 0.4) is 0 Å². The van der Waals surface area contributed by atoms with E-state index < -0.39 is 0 Å². The van der Waals surface area contributed by atoms with Gasteiger partial charge in [-0.15, -0.1) is 0 Å². The number of hydrogen-bond acceptors (Lipinski definition) is 4. The van der Waals surface area contributed by atoms with Gasteiger partial charge in [-0.05, 0) is 42.0 Å². The largest absolute Gasteiger partial charge is 0.489 e. The average Bonchev–Trinajstić information content (AvgIpc) is 3.14. The lowest BCUT2D eigenvalue weighted by Crippen LogP contribution is -2.15. The topological polar surface area (TPSA) is 54.9 Å². The molecular formula is C22H18ClFN4OS. The smallest absolute Gasteiger partial charge is 0.214 e. The van der Waals surface area contributed by atoms with Gasteiger partial charge in [0, 0.05) is 11.1 Å². The van der Waals surface area contributed by atoms with E-state index in [-0.39, 0.29) is 12.4 Å². The maximum atomic E-state index is 13.8. The zero-order valence-corrected chi connectivity index (χ0v) is 17.4. The fourth-order valence-electron chi connectivity index (χ4n) is 2.92. The van der Waals surface area contributed by atoms with Crippen molar-refractivity contribution in [3.05, 3.63) is 99.5 Å². The summed E-state index contributed by atoms with van der Waals surface area (Å²) in [6, 6.07) is 21.9. The van der Waals surface area contributed by atoms with Gasteiger partial charge in [0.2, 0.25) is 4.77 Å². The third kappa shape index (κ3) is 4.53. The van der Waals surface area contributed by atoms with Gasteiger partial charge in [0.05, 0.1) is 11.6 Å². The molecule has 2 N–H and O–H groups in total. The summed E-state index contributed by atoms with van der Waals surface area (Å²) in [5.41, 5.74) is 5.59. The third-order valence-corrected chi connectivity index (χ3v) is 5.14. The quantitative estimate of drug-likeness (QED) is 0.361. The van der Waals surface area contributed by atoms with Crippen molar-refractivity contribution in [2.45, 2.75) is 13.2 Å². The van der Waals surface area contributed by atoms with Crippen LogP contribution in [-0.4, -0.2) is 14.9 Å². The Morgan fingerprint density at radius 1 is 1.03 bits per heavy atom. The minimum atomic E-state index is -0.380. The van der Waals surface area contributed by atoms with E-state index >= 15 is 0 Å². The van der Waals surface area contributed by atoms with Gasteiger partial charge in [0.1, 0.15) is 18.2 Å². The Labute approximate surface area is 183 Å². The molecule has 0 unspecified atom stereocenters. The molecule has 5 nitrogen and oxygen atoms in total. The highest BCUT2D eigenvalue weighted by Gasteiger charge is 2.09. The van der Waals surface area contributed by atoms with Crippen LogP contribution in [0, 0.1) is 10.6 Å². The van der Waals surface area contributed by atoms with Crippen molar-refractivity contribution in [1.82, 2.24) is 14.9 Å². The number of nitrogens with zero attached hydrogens (tertiary/aromatic N) is 2. The average molecular weight is 441 g/mol.